The minimum Gasteiger partial charge on any atom is -0.497 e. The molecule has 0 saturated heterocycles. The van der Waals surface area contributed by atoms with Gasteiger partial charge in [0.1, 0.15) is 12.3 Å². The maximum absolute atomic E-state index is 13.4. The molecular formula is C27H28N4O2S. The monoisotopic (exact) mass is 472 g/mol. The van der Waals surface area contributed by atoms with Crippen molar-refractivity contribution in [3.8, 4) is 22.8 Å². The van der Waals surface area contributed by atoms with E-state index in [1.165, 1.54) is 0 Å². The molecule has 0 atom stereocenters. The minimum absolute atomic E-state index is 0.0106. The van der Waals surface area contributed by atoms with Gasteiger partial charge in [-0.05, 0) is 81.0 Å². The number of carbonyl (C=O) groups excluding carboxylic acids is 1. The number of benzene rings is 3. The minimum atomic E-state index is -0.0759. The number of hydrogen-bond acceptors (Lipinski definition) is 4. The van der Waals surface area contributed by atoms with Crippen LogP contribution in [0.5, 0.6) is 5.75 Å². The molecule has 0 aliphatic carbocycles. The van der Waals surface area contributed by atoms with Gasteiger partial charge in [0, 0.05) is 17.3 Å². The van der Waals surface area contributed by atoms with E-state index in [1.54, 1.807) is 16.7 Å². The van der Waals surface area contributed by atoms with Crippen molar-refractivity contribution in [3.05, 3.63) is 89.2 Å². The van der Waals surface area contributed by atoms with Crippen LogP contribution in [-0.2, 0) is 11.3 Å². The predicted octanol–water partition coefficient (Wildman–Crippen LogP) is 5.83. The van der Waals surface area contributed by atoms with E-state index in [4.69, 9.17) is 22.1 Å². The average Bonchev–Trinajstić information content (AvgIpc) is 3.15. The van der Waals surface area contributed by atoms with Gasteiger partial charge in [-0.25, -0.2) is 4.68 Å². The SMILES string of the molecule is COc1ccc(-c2nn(CC(=O)N(c3ccccc3)C(C)C)c(=S)n2-c2ccccc2C)cc1. The van der Waals surface area contributed by atoms with Gasteiger partial charge in [-0.3, -0.25) is 9.36 Å². The topological polar surface area (TPSA) is 52.3 Å². The van der Waals surface area contributed by atoms with Gasteiger partial charge in [-0.1, -0.05) is 36.4 Å². The number of aromatic nitrogens is 3. The second-order valence-corrected chi connectivity index (χ2v) is 8.67. The van der Waals surface area contributed by atoms with Crippen molar-refractivity contribution in [2.24, 2.45) is 0 Å². The van der Waals surface area contributed by atoms with Crippen molar-refractivity contribution < 1.29 is 9.53 Å². The molecule has 4 aromatic rings. The molecule has 0 radical (unpaired) electrons. The van der Waals surface area contributed by atoms with Crippen molar-refractivity contribution in [2.75, 3.05) is 12.0 Å². The normalized spacial score (nSPS) is 11.0. The molecule has 0 N–H and O–H groups in total. The van der Waals surface area contributed by atoms with Gasteiger partial charge in [0.2, 0.25) is 10.7 Å². The van der Waals surface area contributed by atoms with E-state index in [0.717, 1.165) is 28.3 Å². The molecule has 174 valence electrons. The molecule has 0 aliphatic rings. The van der Waals surface area contributed by atoms with E-state index >= 15 is 0 Å². The summed E-state index contributed by atoms with van der Waals surface area (Å²) in [6, 6.07) is 25.3. The quantitative estimate of drug-likeness (QED) is 0.318. The highest BCUT2D eigenvalue weighted by atomic mass is 32.1. The van der Waals surface area contributed by atoms with Crippen LogP contribution >= 0.6 is 12.2 Å². The lowest BCUT2D eigenvalue weighted by Gasteiger charge is -2.26. The fraction of sp³-hybridized carbons (Fsp3) is 0.222. The Morgan fingerprint density at radius 3 is 2.26 bits per heavy atom. The largest absolute Gasteiger partial charge is 0.497 e. The van der Waals surface area contributed by atoms with Gasteiger partial charge in [-0.15, -0.1) is 0 Å². The molecule has 3 aromatic carbocycles. The molecule has 1 heterocycles. The Kier molecular flexibility index (Phi) is 6.93. The van der Waals surface area contributed by atoms with Gasteiger partial charge >= 0.3 is 0 Å². The highest BCUT2D eigenvalue weighted by molar-refractivity contribution is 7.71. The van der Waals surface area contributed by atoms with Crippen molar-refractivity contribution in [1.82, 2.24) is 14.3 Å². The summed E-state index contributed by atoms with van der Waals surface area (Å²) in [7, 11) is 1.64. The number of nitrogens with zero attached hydrogens (tertiary/aromatic N) is 4. The van der Waals surface area contributed by atoms with Gasteiger partial charge in [-0.2, -0.15) is 5.10 Å². The van der Waals surface area contributed by atoms with Crippen molar-refractivity contribution in [2.45, 2.75) is 33.4 Å². The average molecular weight is 473 g/mol. The van der Waals surface area contributed by atoms with Crippen LogP contribution in [0.3, 0.4) is 0 Å². The first-order valence-electron chi connectivity index (χ1n) is 11.2. The first-order valence-corrected chi connectivity index (χ1v) is 11.6. The molecule has 1 amide bonds. The summed E-state index contributed by atoms with van der Waals surface area (Å²) < 4.78 is 9.32. The van der Waals surface area contributed by atoms with Gasteiger partial charge < -0.3 is 9.64 Å². The second-order valence-electron chi connectivity index (χ2n) is 8.31. The third-order valence-electron chi connectivity index (χ3n) is 5.65. The molecule has 7 heteroatoms. The number of anilines is 1. The fourth-order valence-corrected chi connectivity index (χ4v) is 4.28. The first-order chi connectivity index (χ1) is 16.4. The van der Waals surface area contributed by atoms with E-state index < -0.39 is 0 Å². The predicted molar refractivity (Wildman–Crippen MR) is 138 cm³/mol. The van der Waals surface area contributed by atoms with Crippen LogP contribution < -0.4 is 9.64 Å². The lowest BCUT2D eigenvalue weighted by Crippen LogP contribution is -2.39. The number of amides is 1. The molecule has 0 saturated carbocycles. The molecule has 0 spiro atoms. The number of methoxy groups -OCH3 is 1. The molecule has 34 heavy (non-hydrogen) atoms. The molecule has 4 rings (SSSR count). The van der Waals surface area contributed by atoms with Crippen molar-refractivity contribution in [3.63, 3.8) is 0 Å². The molecular weight excluding hydrogens is 444 g/mol. The summed E-state index contributed by atoms with van der Waals surface area (Å²) in [5.74, 6) is 1.36. The Morgan fingerprint density at radius 2 is 1.65 bits per heavy atom. The number of aryl methyl sites for hydroxylation is 1. The van der Waals surface area contributed by atoms with Crippen LogP contribution in [0.4, 0.5) is 5.69 Å². The van der Waals surface area contributed by atoms with Crippen molar-refractivity contribution in [1.29, 1.82) is 0 Å². The number of para-hydroxylation sites is 2. The second kappa shape index (κ2) is 10.1. The van der Waals surface area contributed by atoms with Crippen LogP contribution in [0.2, 0.25) is 0 Å². The summed E-state index contributed by atoms with van der Waals surface area (Å²) in [5.41, 5.74) is 3.72. The van der Waals surface area contributed by atoms with Crippen LogP contribution in [0.1, 0.15) is 19.4 Å². The zero-order valence-corrected chi connectivity index (χ0v) is 20.6. The van der Waals surface area contributed by atoms with E-state index in [2.05, 4.69) is 0 Å². The highest BCUT2D eigenvalue weighted by Crippen LogP contribution is 2.27. The Hall–Kier alpha value is -3.71. The van der Waals surface area contributed by atoms with E-state index in [-0.39, 0.29) is 18.5 Å². The standard InChI is InChI=1S/C27H28N4O2S/c1-19(2)30(22-11-6-5-7-12-22)25(32)18-29-27(34)31(24-13-9-8-10-20(24)3)26(28-29)21-14-16-23(33-4)17-15-21/h5-17,19H,18H2,1-4H3. The number of ether oxygens (including phenoxy) is 1. The third-order valence-corrected chi connectivity index (χ3v) is 6.04. The summed E-state index contributed by atoms with van der Waals surface area (Å²) in [5, 5.41) is 4.82. The van der Waals surface area contributed by atoms with Gasteiger partial charge in [0.15, 0.2) is 5.82 Å². The number of carbonyl (C=O) groups is 1. The molecule has 0 unspecified atom stereocenters. The highest BCUT2D eigenvalue weighted by Gasteiger charge is 2.22. The lowest BCUT2D eigenvalue weighted by atomic mass is 10.1. The number of hydrogen-bond donors (Lipinski definition) is 0. The maximum atomic E-state index is 13.4. The van der Waals surface area contributed by atoms with Crippen LogP contribution in [0.15, 0.2) is 78.9 Å². The van der Waals surface area contributed by atoms with E-state index in [0.29, 0.717) is 10.6 Å². The van der Waals surface area contributed by atoms with Crippen LogP contribution in [-0.4, -0.2) is 33.4 Å². The summed E-state index contributed by atoms with van der Waals surface area (Å²) in [4.78, 5) is 15.2. The molecule has 0 aliphatic heterocycles. The molecule has 0 bridgehead atoms. The summed E-state index contributed by atoms with van der Waals surface area (Å²) >= 11 is 5.86. The maximum Gasteiger partial charge on any atom is 0.249 e. The number of rotatable bonds is 7. The Balaban J connectivity index is 1.80. The zero-order valence-electron chi connectivity index (χ0n) is 19.8. The Labute approximate surface area is 205 Å². The summed E-state index contributed by atoms with van der Waals surface area (Å²) in [6.45, 7) is 6.07. The molecule has 1 aromatic heterocycles. The summed E-state index contributed by atoms with van der Waals surface area (Å²) in [6.07, 6.45) is 0. The lowest BCUT2D eigenvalue weighted by molar-refractivity contribution is -0.119. The molecule has 0 fully saturated rings. The van der Waals surface area contributed by atoms with E-state index in [9.17, 15) is 4.79 Å². The molecule has 6 nitrogen and oxygen atoms in total. The first kappa shape index (κ1) is 23.4. The smallest absolute Gasteiger partial charge is 0.249 e. The van der Waals surface area contributed by atoms with Crippen LogP contribution in [0.25, 0.3) is 17.1 Å². The Bertz CT molecular complexity index is 1340. The zero-order chi connectivity index (χ0) is 24.2. The van der Waals surface area contributed by atoms with Gasteiger partial charge in [0.25, 0.3) is 0 Å². The fourth-order valence-electron chi connectivity index (χ4n) is 3.99. The van der Waals surface area contributed by atoms with E-state index in [1.807, 2.05) is 104 Å². The van der Waals surface area contributed by atoms with Gasteiger partial charge in [0.05, 0.1) is 12.8 Å². The Morgan fingerprint density at radius 1 is 1.00 bits per heavy atom. The van der Waals surface area contributed by atoms with Crippen molar-refractivity contribution >= 4 is 23.8 Å². The van der Waals surface area contributed by atoms with Crippen LogP contribution in [0, 0.1) is 11.7 Å². The third kappa shape index (κ3) is 4.65.